The van der Waals surface area contributed by atoms with Crippen LogP contribution >= 0.6 is 0 Å². The second kappa shape index (κ2) is 8.61. The molecule has 1 atom stereocenters. The van der Waals surface area contributed by atoms with Crippen molar-refractivity contribution >= 4 is 27.3 Å². The van der Waals surface area contributed by atoms with Gasteiger partial charge in [-0.15, -0.1) is 0 Å². The van der Waals surface area contributed by atoms with Gasteiger partial charge in [0.1, 0.15) is 0 Å². The van der Waals surface area contributed by atoms with Crippen molar-refractivity contribution in [1.82, 2.24) is 8.96 Å². The highest BCUT2D eigenvalue weighted by atomic mass is 32.2. The Hall–Kier alpha value is -4.51. The standard InChI is InChI=1S/C25H20N4O6S/c1-16-13-19-14-21(36(34,35)27-15-22(26-25(27)31)17-5-3-2-4-6-17)11-12-23(19)28(16)24(30)18-7-9-20(10-8-18)29(32)33/h2-12,14-16H,13H2,1H3,(H,26,31). The average molecular weight is 505 g/mol. The molecule has 0 saturated carbocycles. The number of imidazole rings is 1. The zero-order valence-electron chi connectivity index (χ0n) is 19.0. The third kappa shape index (κ3) is 3.89. The van der Waals surface area contributed by atoms with Gasteiger partial charge in [0.2, 0.25) is 0 Å². The Balaban J connectivity index is 1.47. The van der Waals surface area contributed by atoms with E-state index in [1.165, 1.54) is 42.6 Å². The molecule has 1 aliphatic rings. The maximum Gasteiger partial charge on any atom is 0.340 e. The number of fused-ring (bicyclic) bond motifs is 1. The molecular weight excluding hydrogens is 484 g/mol. The van der Waals surface area contributed by atoms with Gasteiger partial charge >= 0.3 is 5.69 Å². The van der Waals surface area contributed by atoms with Crippen LogP contribution in [0.1, 0.15) is 22.8 Å². The number of aromatic nitrogens is 2. The largest absolute Gasteiger partial charge is 0.340 e. The van der Waals surface area contributed by atoms with Gasteiger partial charge in [0.15, 0.2) is 0 Å². The zero-order valence-corrected chi connectivity index (χ0v) is 19.8. The summed E-state index contributed by atoms with van der Waals surface area (Å²) in [6, 6.07) is 18.4. The number of hydrogen-bond donors (Lipinski definition) is 1. The first-order chi connectivity index (χ1) is 17.2. The zero-order chi connectivity index (χ0) is 25.6. The lowest BCUT2D eigenvalue weighted by molar-refractivity contribution is -0.384. The smallest absolute Gasteiger partial charge is 0.305 e. The summed E-state index contributed by atoms with van der Waals surface area (Å²) in [4.78, 5) is 40.1. The highest BCUT2D eigenvalue weighted by Gasteiger charge is 2.33. The molecule has 1 N–H and O–H groups in total. The van der Waals surface area contributed by atoms with Crippen LogP contribution in [0.2, 0.25) is 0 Å². The second-order valence-corrected chi connectivity index (χ2v) is 10.3. The fourth-order valence-electron chi connectivity index (χ4n) is 4.38. The molecule has 1 unspecified atom stereocenters. The minimum atomic E-state index is -4.19. The normalized spacial score (nSPS) is 15.0. The van der Waals surface area contributed by atoms with Gasteiger partial charge in [0.25, 0.3) is 21.6 Å². The van der Waals surface area contributed by atoms with Gasteiger partial charge in [-0.2, -0.15) is 3.97 Å². The number of nitrogens with one attached hydrogen (secondary N) is 1. The third-order valence-electron chi connectivity index (χ3n) is 6.14. The predicted molar refractivity (Wildman–Crippen MR) is 133 cm³/mol. The maximum absolute atomic E-state index is 13.3. The number of nitrogens with zero attached hydrogens (tertiary/aromatic N) is 3. The van der Waals surface area contributed by atoms with Gasteiger partial charge in [0.05, 0.1) is 21.7 Å². The Kier molecular flexibility index (Phi) is 5.56. The second-order valence-electron chi connectivity index (χ2n) is 8.46. The minimum absolute atomic E-state index is 0.0706. The number of amides is 1. The van der Waals surface area contributed by atoms with Crippen molar-refractivity contribution in [1.29, 1.82) is 0 Å². The number of nitro groups is 1. The van der Waals surface area contributed by atoms with Gasteiger partial charge in [-0.3, -0.25) is 14.9 Å². The third-order valence-corrected chi connectivity index (χ3v) is 7.78. The highest BCUT2D eigenvalue weighted by Crippen LogP contribution is 2.35. The molecule has 0 aliphatic carbocycles. The molecule has 1 amide bonds. The van der Waals surface area contributed by atoms with Crippen LogP contribution in [0.15, 0.2) is 88.7 Å². The number of aromatic amines is 1. The van der Waals surface area contributed by atoms with E-state index in [0.717, 1.165) is 0 Å². The van der Waals surface area contributed by atoms with Crippen molar-refractivity contribution in [3.8, 4) is 11.3 Å². The van der Waals surface area contributed by atoms with Crippen LogP contribution in [-0.2, 0) is 16.4 Å². The molecule has 0 bridgehead atoms. The SMILES string of the molecule is CC1Cc2cc(S(=O)(=O)n3cc(-c4ccccc4)[nH]c3=O)ccc2N1C(=O)c1ccc([N+](=O)[O-])cc1. The monoisotopic (exact) mass is 504 g/mol. The molecule has 36 heavy (non-hydrogen) atoms. The van der Waals surface area contributed by atoms with Crippen LogP contribution in [0, 0.1) is 10.1 Å². The molecule has 11 heteroatoms. The molecule has 3 aromatic carbocycles. The van der Waals surface area contributed by atoms with Crippen molar-refractivity contribution < 1.29 is 18.1 Å². The van der Waals surface area contributed by atoms with Crippen LogP contribution in [0.25, 0.3) is 11.3 Å². The lowest BCUT2D eigenvalue weighted by Gasteiger charge is -2.23. The Bertz CT molecular complexity index is 1660. The summed E-state index contributed by atoms with van der Waals surface area (Å²) >= 11 is 0. The molecule has 182 valence electrons. The van der Waals surface area contributed by atoms with Crippen molar-refractivity contribution in [2.24, 2.45) is 0 Å². The summed E-state index contributed by atoms with van der Waals surface area (Å²) in [7, 11) is -4.19. The van der Waals surface area contributed by atoms with Gasteiger partial charge in [-0.25, -0.2) is 13.2 Å². The highest BCUT2D eigenvalue weighted by molar-refractivity contribution is 7.90. The average Bonchev–Trinajstić information content (AvgIpc) is 3.43. The summed E-state index contributed by atoms with van der Waals surface area (Å²) < 4.78 is 27.3. The quantitative estimate of drug-likeness (QED) is 0.326. The fraction of sp³-hybridized carbons (Fsp3) is 0.120. The summed E-state index contributed by atoms with van der Waals surface area (Å²) in [6.07, 6.45) is 1.67. The first kappa shape index (κ1) is 23.2. The first-order valence-corrected chi connectivity index (χ1v) is 12.4. The van der Waals surface area contributed by atoms with Gasteiger partial charge in [-0.1, -0.05) is 30.3 Å². The number of H-pyrrole nitrogens is 1. The Morgan fingerprint density at radius 2 is 1.75 bits per heavy atom. The van der Waals surface area contributed by atoms with E-state index in [1.54, 1.807) is 35.2 Å². The molecule has 10 nitrogen and oxygen atoms in total. The molecule has 0 fully saturated rings. The predicted octanol–water partition coefficient (Wildman–Crippen LogP) is 3.58. The molecule has 0 radical (unpaired) electrons. The number of carbonyl (C=O) groups is 1. The van der Waals surface area contributed by atoms with Gasteiger partial charge < -0.3 is 9.88 Å². The van der Waals surface area contributed by atoms with Crippen LogP contribution in [0.4, 0.5) is 11.4 Å². The maximum atomic E-state index is 13.3. The van der Waals surface area contributed by atoms with E-state index in [9.17, 15) is 28.1 Å². The van der Waals surface area contributed by atoms with E-state index < -0.39 is 20.6 Å². The van der Waals surface area contributed by atoms with Crippen LogP contribution < -0.4 is 10.6 Å². The molecule has 4 aromatic rings. The van der Waals surface area contributed by atoms with Gasteiger partial charge in [0, 0.05) is 29.4 Å². The summed E-state index contributed by atoms with van der Waals surface area (Å²) in [5.74, 6) is -0.346. The first-order valence-electron chi connectivity index (χ1n) is 11.0. The van der Waals surface area contributed by atoms with Crippen LogP contribution in [0.3, 0.4) is 0 Å². The van der Waals surface area contributed by atoms with Crippen LogP contribution in [-0.4, -0.2) is 34.2 Å². The van der Waals surface area contributed by atoms with Crippen molar-refractivity contribution in [2.75, 3.05) is 4.90 Å². The number of carbonyl (C=O) groups excluding carboxylic acids is 1. The number of non-ortho nitro benzene ring substituents is 1. The van der Waals surface area contributed by atoms with Gasteiger partial charge in [-0.05, 0) is 54.8 Å². The Morgan fingerprint density at radius 1 is 1.06 bits per heavy atom. The number of benzene rings is 3. The van der Waals surface area contributed by atoms with E-state index in [4.69, 9.17) is 0 Å². The van der Waals surface area contributed by atoms with E-state index >= 15 is 0 Å². The number of rotatable bonds is 5. The van der Waals surface area contributed by atoms with E-state index in [0.29, 0.717) is 32.9 Å². The topological polar surface area (TPSA) is 135 Å². The van der Waals surface area contributed by atoms with Crippen molar-refractivity contribution in [2.45, 2.75) is 24.3 Å². The molecule has 1 aliphatic heterocycles. The number of anilines is 1. The molecule has 0 saturated heterocycles. The summed E-state index contributed by atoms with van der Waals surface area (Å²) in [6.45, 7) is 1.83. The summed E-state index contributed by atoms with van der Waals surface area (Å²) in [5, 5.41) is 10.9. The van der Waals surface area contributed by atoms with E-state index in [2.05, 4.69) is 4.98 Å². The molecule has 5 rings (SSSR count). The molecule has 1 aromatic heterocycles. The molecule has 2 heterocycles. The fourth-order valence-corrected chi connectivity index (χ4v) is 5.64. The van der Waals surface area contributed by atoms with Crippen molar-refractivity contribution in [3.05, 3.63) is 111 Å². The summed E-state index contributed by atoms with van der Waals surface area (Å²) in [5.41, 5.74) is 1.63. The molecule has 0 spiro atoms. The number of hydrogen-bond acceptors (Lipinski definition) is 6. The molecular formula is C25H20N4O6S. The Labute approximate surface area is 205 Å². The number of nitro benzene ring substituents is 1. The lowest BCUT2D eigenvalue weighted by atomic mass is 10.1. The lowest BCUT2D eigenvalue weighted by Crippen LogP contribution is -2.35. The van der Waals surface area contributed by atoms with Crippen LogP contribution in [0.5, 0.6) is 0 Å². The van der Waals surface area contributed by atoms with E-state index in [-0.39, 0.29) is 28.1 Å². The Morgan fingerprint density at radius 3 is 2.42 bits per heavy atom. The van der Waals surface area contributed by atoms with E-state index in [1.807, 2.05) is 13.0 Å². The van der Waals surface area contributed by atoms with Crippen molar-refractivity contribution in [3.63, 3.8) is 0 Å². The minimum Gasteiger partial charge on any atom is -0.305 e.